The lowest BCUT2D eigenvalue weighted by molar-refractivity contribution is -0.141. The number of hydrogen-bond donors (Lipinski definition) is 1. The molecule has 2 rings (SSSR count). The lowest BCUT2D eigenvalue weighted by Crippen LogP contribution is -2.18. The number of nitrogens with two attached hydrogens (primary N) is 1. The van der Waals surface area contributed by atoms with Crippen LogP contribution in [0.3, 0.4) is 0 Å². The van der Waals surface area contributed by atoms with Crippen LogP contribution < -0.4 is 5.73 Å². The fraction of sp³-hybridized carbons (Fsp3) is 0.100. The maximum atomic E-state index is 12.7. The van der Waals surface area contributed by atoms with Crippen molar-refractivity contribution < 1.29 is 13.2 Å². The van der Waals surface area contributed by atoms with Gasteiger partial charge in [-0.05, 0) is 28.1 Å². The first kappa shape index (κ1) is 13.9. The van der Waals surface area contributed by atoms with Crippen molar-refractivity contribution in [1.29, 1.82) is 0 Å². The van der Waals surface area contributed by atoms with Gasteiger partial charge in [0.1, 0.15) is 10.7 Å². The van der Waals surface area contributed by atoms with E-state index in [4.69, 9.17) is 18.0 Å². The third-order valence-electron chi connectivity index (χ3n) is 2.20. The number of aromatic nitrogens is 3. The van der Waals surface area contributed by atoms with Crippen LogP contribution in [-0.4, -0.2) is 19.8 Å². The number of nitrogens with zero attached hydrogens (tertiary/aromatic N) is 3. The maximum Gasteiger partial charge on any atom is 0.433 e. The molecule has 2 aromatic rings. The van der Waals surface area contributed by atoms with Crippen molar-refractivity contribution in [2.45, 2.75) is 6.18 Å². The first-order valence-corrected chi connectivity index (χ1v) is 6.08. The summed E-state index contributed by atoms with van der Waals surface area (Å²) in [7, 11) is 0. The first-order valence-electron chi connectivity index (χ1n) is 4.87. The Hall–Kier alpha value is -1.48. The number of pyridine rings is 1. The monoisotopic (exact) mass is 350 g/mol. The maximum absolute atomic E-state index is 12.7. The Morgan fingerprint density at radius 2 is 2.05 bits per heavy atom. The van der Waals surface area contributed by atoms with Gasteiger partial charge in [-0.3, -0.25) is 0 Å². The van der Waals surface area contributed by atoms with Gasteiger partial charge in [-0.25, -0.2) is 9.67 Å². The zero-order valence-electron chi connectivity index (χ0n) is 9.15. The molecule has 0 bridgehead atoms. The molecule has 2 heterocycles. The molecule has 19 heavy (non-hydrogen) atoms. The average Bonchev–Trinajstić information content (AvgIpc) is 2.73. The van der Waals surface area contributed by atoms with E-state index in [9.17, 15) is 13.2 Å². The fourth-order valence-corrected chi connectivity index (χ4v) is 1.83. The summed E-state index contributed by atoms with van der Waals surface area (Å²) < 4.78 is 39.7. The van der Waals surface area contributed by atoms with Gasteiger partial charge >= 0.3 is 6.18 Å². The summed E-state index contributed by atoms with van der Waals surface area (Å²) in [6, 6.07) is 2.01. The second-order valence-corrected chi connectivity index (χ2v) is 4.89. The van der Waals surface area contributed by atoms with Crippen molar-refractivity contribution in [2.24, 2.45) is 5.73 Å². The van der Waals surface area contributed by atoms with Crippen LogP contribution in [0.5, 0.6) is 0 Å². The van der Waals surface area contributed by atoms with Gasteiger partial charge in [-0.1, -0.05) is 12.2 Å². The molecule has 0 unspecified atom stereocenters. The van der Waals surface area contributed by atoms with Gasteiger partial charge in [-0.2, -0.15) is 18.3 Å². The van der Waals surface area contributed by atoms with Gasteiger partial charge in [-0.15, -0.1) is 0 Å². The zero-order chi connectivity index (χ0) is 14.2. The van der Waals surface area contributed by atoms with Gasteiger partial charge in [0, 0.05) is 6.20 Å². The molecule has 0 radical (unpaired) electrons. The summed E-state index contributed by atoms with van der Waals surface area (Å²) in [5.41, 5.74) is 4.66. The molecule has 0 aliphatic heterocycles. The molecule has 2 N–H and O–H groups in total. The highest BCUT2D eigenvalue weighted by molar-refractivity contribution is 9.10. The smallest absolute Gasteiger partial charge is 0.389 e. The molecule has 0 amide bonds. The molecular weight excluding hydrogens is 345 g/mol. The third kappa shape index (κ3) is 2.92. The molecule has 0 aliphatic carbocycles. The molecule has 0 saturated carbocycles. The molecule has 0 saturated heterocycles. The highest BCUT2D eigenvalue weighted by atomic mass is 79.9. The Morgan fingerprint density at radius 1 is 1.37 bits per heavy atom. The van der Waals surface area contributed by atoms with Gasteiger partial charge in [0.05, 0.1) is 16.2 Å². The van der Waals surface area contributed by atoms with Crippen LogP contribution in [0.15, 0.2) is 29.0 Å². The van der Waals surface area contributed by atoms with E-state index >= 15 is 0 Å². The van der Waals surface area contributed by atoms with E-state index in [-0.39, 0.29) is 16.4 Å². The lowest BCUT2D eigenvalue weighted by atomic mass is 10.2. The van der Waals surface area contributed by atoms with E-state index in [2.05, 4.69) is 26.0 Å². The SMILES string of the molecule is NC(=S)c1ccc(C(F)(F)F)nc1-n1cc(Br)cn1. The lowest BCUT2D eigenvalue weighted by Gasteiger charge is -2.11. The van der Waals surface area contributed by atoms with Crippen LogP contribution >= 0.6 is 28.1 Å². The highest BCUT2D eigenvalue weighted by Gasteiger charge is 2.33. The summed E-state index contributed by atoms with van der Waals surface area (Å²) in [6.07, 6.45) is -1.66. The van der Waals surface area contributed by atoms with Gasteiger partial charge in [0.25, 0.3) is 0 Å². The van der Waals surface area contributed by atoms with Crippen molar-refractivity contribution in [2.75, 3.05) is 0 Å². The van der Waals surface area contributed by atoms with Crippen LogP contribution in [-0.2, 0) is 6.18 Å². The Kier molecular flexibility index (Phi) is 3.59. The van der Waals surface area contributed by atoms with Crippen molar-refractivity contribution in [3.05, 3.63) is 40.3 Å². The van der Waals surface area contributed by atoms with Gasteiger partial charge in [0.2, 0.25) is 0 Å². The first-order chi connectivity index (χ1) is 8.79. The molecule has 0 aromatic carbocycles. The molecule has 0 atom stereocenters. The normalized spacial score (nSPS) is 11.6. The summed E-state index contributed by atoms with van der Waals surface area (Å²) in [6.45, 7) is 0. The minimum atomic E-state index is -4.55. The predicted octanol–water partition coefficient (Wildman–Crippen LogP) is 2.68. The molecule has 2 aromatic heterocycles. The summed E-state index contributed by atoms with van der Waals surface area (Å²) in [5.74, 6) is -0.0620. The quantitative estimate of drug-likeness (QED) is 0.846. The van der Waals surface area contributed by atoms with E-state index in [0.29, 0.717) is 4.47 Å². The summed E-state index contributed by atoms with van der Waals surface area (Å²) in [5, 5.41) is 3.88. The molecule has 100 valence electrons. The predicted molar refractivity (Wildman–Crippen MR) is 69.9 cm³/mol. The van der Waals surface area contributed by atoms with E-state index in [1.54, 1.807) is 0 Å². The minimum Gasteiger partial charge on any atom is -0.389 e. The van der Waals surface area contributed by atoms with E-state index in [0.717, 1.165) is 6.07 Å². The topological polar surface area (TPSA) is 56.7 Å². The highest BCUT2D eigenvalue weighted by Crippen LogP contribution is 2.29. The number of halogens is 4. The Balaban J connectivity index is 2.64. The third-order valence-corrected chi connectivity index (χ3v) is 2.83. The summed E-state index contributed by atoms with van der Waals surface area (Å²) in [4.78, 5) is 3.48. The number of rotatable bonds is 2. The number of thiocarbonyl (C=S) groups is 1. The second-order valence-electron chi connectivity index (χ2n) is 3.53. The Bertz CT molecular complexity index is 638. The molecule has 0 fully saturated rings. The molecule has 0 spiro atoms. The molecular formula is C10H6BrF3N4S. The van der Waals surface area contributed by atoms with E-state index in [1.165, 1.54) is 23.1 Å². The van der Waals surface area contributed by atoms with Crippen molar-refractivity contribution in [3.63, 3.8) is 0 Å². The van der Waals surface area contributed by atoms with E-state index < -0.39 is 11.9 Å². The van der Waals surface area contributed by atoms with Gasteiger partial charge in [0.15, 0.2) is 5.82 Å². The van der Waals surface area contributed by atoms with Crippen LogP contribution in [0, 0.1) is 0 Å². The van der Waals surface area contributed by atoms with Crippen LogP contribution in [0.25, 0.3) is 5.82 Å². The van der Waals surface area contributed by atoms with E-state index in [1.807, 2.05) is 0 Å². The standard InChI is InChI=1S/C10H6BrF3N4S/c11-5-3-16-18(4-5)9-6(8(15)19)1-2-7(17-9)10(12,13)14/h1-4H,(H2,15,19). The van der Waals surface area contributed by atoms with Crippen LogP contribution in [0.1, 0.15) is 11.3 Å². The summed E-state index contributed by atoms with van der Waals surface area (Å²) >= 11 is 7.95. The molecule has 9 heteroatoms. The Morgan fingerprint density at radius 3 is 2.53 bits per heavy atom. The number of hydrogen-bond acceptors (Lipinski definition) is 3. The zero-order valence-corrected chi connectivity index (χ0v) is 11.6. The average molecular weight is 351 g/mol. The van der Waals surface area contributed by atoms with Crippen molar-refractivity contribution >= 4 is 33.1 Å². The van der Waals surface area contributed by atoms with Crippen LogP contribution in [0.4, 0.5) is 13.2 Å². The van der Waals surface area contributed by atoms with Gasteiger partial charge < -0.3 is 5.73 Å². The second kappa shape index (κ2) is 4.89. The molecule has 0 aliphatic rings. The van der Waals surface area contributed by atoms with Crippen LogP contribution in [0.2, 0.25) is 0 Å². The number of alkyl halides is 3. The Labute approximate surface area is 119 Å². The van der Waals surface area contributed by atoms with Crippen molar-refractivity contribution in [3.8, 4) is 5.82 Å². The fourth-order valence-electron chi connectivity index (χ4n) is 1.39. The minimum absolute atomic E-state index is 0.0529. The largest absolute Gasteiger partial charge is 0.433 e. The molecule has 4 nitrogen and oxygen atoms in total. The van der Waals surface area contributed by atoms with Crippen molar-refractivity contribution in [1.82, 2.24) is 14.8 Å².